The first kappa shape index (κ1) is 20.6. The summed E-state index contributed by atoms with van der Waals surface area (Å²) in [7, 11) is 0. The number of benzene rings is 1. The summed E-state index contributed by atoms with van der Waals surface area (Å²) in [5, 5.41) is 3.05. The molecule has 2 heterocycles. The number of carbonyl (C=O) groups is 1. The molecule has 1 amide bonds. The van der Waals surface area contributed by atoms with Crippen molar-refractivity contribution in [2.24, 2.45) is 0 Å². The van der Waals surface area contributed by atoms with Gasteiger partial charge in [-0.3, -0.25) is 9.69 Å². The van der Waals surface area contributed by atoms with E-state index in [2.05, 4.69) is 55.0 Å². The fraction of sp³-hybridized carbons (Fsp3) is 0.565. The van der Waals surface area contributed by atoms with E-state index in [0.717, 1.165) is 18.7 Å². The standard InChI is InChI=1S/C23H33N3O2/c1-16(26-12-6-7-13-26)15-24-21(27)14-20-17(2)28-22(25-20)18-8-10-19(11-9-18)23(3,4)5/h8-11,16H,6-7,12-15H2,1-5H3,(H,24,27). The van der Waals surface area contributed by atoms with E-state index in [0.29, 0.717) is 29.9 Å². The SMILES string of the molecule is Cc1oc(-c2ccc(C(C)(C)C)cc2)nc1CC(=O)NCC(C)N1CCCC1. The molecule has 152 valence electrons. The van der Waals surface area contributed by atoms with Gasteiger partial charge in [0.1, 0.15) is 5.76 Å². The van der Waals surface area contributed by atoms with Gasteiger partial charge >= 0.3 is 0 Å². The van der Waals surface area contributed by atoms with E-state index >= 15 is 0 Å². The number of aryl methyl sites for hydroxylation is 1. The Morgan fingerprint density at radius 1 is 1.21 bits per heavy atom. The maximum atomic E-state index is 12.4. The summed E-state index contributed by atoms with van der Waals surface area (Å²) < 4.78 is 5.83. The number of rotatable bonds is 6. The van der Waals surface area contributed by atoms with Crippen LogP contribution in [0.15, 0.2) is 28.7 Å². The summed E-state index contributed by atoms with van der Waals surface area (Å²) >= 11 is 0. The van der Waals surface area contributed by atoms with Crippen molar-refractivity contribution in [3.05, 3.63) is 41.3 Å². The average molecular weight is 384 g/mol. The number of carbonyl (C=O) groups excluding carboxylic acids is 1. The third-order valence-corrected chi connectivity index (χ3v) is 5.58. The Morgan fingerprint density at radius 2 is 1.86 bits per heavy atom. The Bertz CT molecular complexity index is 796. The van der Waals surface area contributed by atoms with Crippen LogP contribution in [0.3, 0.4) is 0 Å². The topological polar surface area (TPSA) is 58.4 Å². The van der Waals surface area contributed by atoms with Crippen molar-refractivity contribution >= 4 is 5.91 Å². The zero-order valence-electron chi connectivity index (χ0n) is 17.8. The zero-order valence-corrected chi connectivity index (χ0v) is 17.8. The van der Waals surface area contributed by atoms with Gasteiger partial charge in [-0.2, -0.15) is 0 Å². The number of nitrogens with zero attached hydrogens (tertiary/aromatic N) is 2. The van der Waals surface area contributed by atoms with Crippen molar-refractivity contribution in [2.45, 2.75) is 65.3 Å². The molecule has 1 aromatic heterocycles. The minimum atomic E-state index is -0.00271. The highest BCUT2D eigenvalue weighted by molar-refractivity contribution is 5.78. The molecule has 1 N–H and O–H groups in total. The van der Waals surface area contributed by atoms with Crippen LogP contribution < -0.4 is 5.32 Å². The van der Waals surface area contributed by atoms with E-state index in [1.54, 1.807) is 0 Å². The first-order valence-electron chi connectivity index (χ1n) is 10.3. The number of likely N-dealkylation sites (tertiary alicyclic amines) is 1. The lowest BCUT2D eigenvalue weighted by atomic mass is 9.87. The van der Waals surface area contributed by atoms with Crippen LogP contribution in [0.1, 0.15) is 57.6 Å². The van der Waals surface area contributed by atoms with E-state index in [1.165, 1.54) is 18.4 Å². The Labute approximate surface area is 168 Å². The maximum Gasteiger partial charge on any atom is 0.226 e. The highest BCUT2D eigenvalue weighted by Gasteiger charge is 2.20. The van der Waals surface area contributed by atoms with Gasteiger partial charge in [-0.1, -0.05) is 32.9 Å². The van der Waals surface area contributed by atoms with Gasteiger partial charge in [0.05, 0.1) is 12.1 Å². The molecule has 1 atom stereocenters. The van der Waals surface area contributed by atoms with Gasteiger partial charge in [0.2, 0.25) is 11.8 Å². The molecule has 5 heteroatoms. The van der Waals surface area contributed by atoms with Crippen molar-refractivity contribution in [1.29, 1.82) is 0 Å². The molecule has 3 rings (SSSR count). The molecule has 1 unspecified atom stereocenters. The zero-order chi connectivity index (χ0) is 20.3. The van der Waals surface area contributed by atoms with Crippen molar-refractivity contribution in [3.63, 3.8) is 0 Å². The lowest BCUT2D eigenvalue weighted by Gasteiger charge is -2.23. The Morgan fingerprint density at radius 3 is 2.46 bits per heavy atom. The van der Waals surface area contributed by atoms with Crippen molar-refractivity contribution in [3.8, 4) is 11.5 Å². The van der Waals surface area contributed by atoms with Crippen LogP contribution in [0.2, 0.25) is 0 Å². The van der Waals surface area contributed by atoms with Crippen LogP contribution in [-0.4, -0.2) is 41.5 Å². The molecule has 0 aliphatic carbocycles. The summed E-state index contributed by atoms with van der Waals surface area (Å²) in [4.78, 5) is 19.4. The number of aromatic nitrogens is 1. The third-order valence-electron chi connectivity index (χ3n) is 5.58. The lowest BCUT2D eigenvalue weighted by Crippen LogP contribution is -2.41. The van der Waals surface area contributed by atoms with E-state index < -0.39 is 0 Å². The van der Waals surface area contributed by atoms with Crippen LogP contribution in [0.4, 0.5) is 0 Å². The predicted molar refractivity (Wildman–Crippen MR) is 112 cm³/mol. The van der Waals surface area contributed by atoms with E-state index in [4.69, 9.17) is 4.42 Å². The minimum absolute atomic E-state index is 0.00271. The van der Waals surface area contributed by atoms with Gasteiger partial charge in [0.25, 0.3) is 0 Å². The summed E-state index contributed by atoms with van der Waals surface area (Å²) in [5.41, 5.74) is 3.03. The Balaban J connectivity index is 1.59. The summed E-state index contributed by atoms with van der Waals surface area (Å²) in [6.07, 6.45) is 2.77. The molecule has 5 nitrogen and oxygen atoms in total. The first-order valence-corrected chi connectivity index (χ1v) is 10.3. The van der Waals surface area contributed by atoms with Crippen molar-refractivity contribution < 1.29 is 9.21 Å². The number of oxazole rings is 1. The average Bonchev–Trinajstić information content (AvgIpc) is 3.30. The number of hydrogen-bond donors (Lipinski definition) is 1. The third kappa shape index (κ3) is 5.02. The Hall–Kier alpha value is -2.14. The van der Waals surface area contributed by atoms with Gasteiger partial charge < -0.3 is 9.73 Å². The molecule has 0 bridgehead atoms. The normalized spacial score (nSPS) is 16.3. The van der Waals surface area contributed by atoms with Gasteiger partial charge in [-0.25, -0.2) is 4.98 Å². The predicted octanol–water partition coefficient (Wildman–Crippen LogP) is 4.09. The smallest absolute Gasteiger partial charge is 0.226 e. The maximum absolute atomic E-state index is 12.4. The fourth-order valence-corrected chi connectivity index (χ4v) is 3.62. The molecule has 1 saturated heterocycles. The van der Waals surface area contributed by atoms with E-state index in [9.17, 15) is 4.79 Å². The molecule has 0 radical (unpaired) electrons. The van der Waals surface area contributed by atoms with Gasteiger partial charge in [0.15, 0.2) is 0 Å². The lowest BCUT2D eigenvalue weighted by molar-refractivity contribution is -0.120. The second kappa shape index (κ2) is 8.48. The van der Waals surface area contributed by atoms with Crippen molar-refractivity contribution in [2.75, 3.05) is 19.6 Å². The summed E-state index contributed by atoms with van der Waals surface area (Å²) in [6.45, 7) is 13.6. The van der Waals surface area contributed by atoms with Crippen molar-refractivity contribution in [1.82, 2.24) is 15.2 Å². The first-order chi connectivity index (χ1) is 13.2. The van der Waals surface area contributed by atoms with E-state index in [-0.39, 0.29) is 17.7 Å². The van der Waals surface area contributed by atoms with Crippen LogP contribution >= 0.6 is 0 Å². The molecule has 1 aliphatic rings. The molecule has 1 aliphatic heterocycles. The molecular weight excluding hydrogens is 350 g/mol. The molecule has 28 heavy (non-hydrogen) atoms. The number of hydrogen-bond acceptors (Lipinski definition) is 4. The second-order valence-corrected chi connectivity index (χ2v) is 8.92. The largest absolute Gasteiger partial charge is 0.441 e. The van der Waals surface area contributed by atoms with Crippen LogP contribution in [0.5, 0.6) is 0 Å². The van der Waals surface area contributed by atoms with Crippen LogP contribution in [-0.2, 0) is 16.6 Å². The molecule has 0 spiro atoms. The summed E-state index contributed by atoms with van der Waals surface area (Å²) in [5.74, 6) is 1.28. The second-order valence-electron chi connectivity index (χ2n) is 8.92. The number of nitrogens with one attached hydrogen (secondary N) is 1. The highest BCUT2D eigenvalue weighted by atomic mass is 16.4. The quantitative estimate of drug-likeness (QED) is 0.816. The molecule has 0 saturated carbocycles. The molecular formula is C23H33N3O2. The summed E-state index contributed by atoms with van der Waals surface area (Å²) in [6, 6.07) is 8.67. The fourth-order valence-electron chi connectivity index (χ4n) is 3.62. The molecule has 1 aromatic carbocycles. The monoisotopic (exact) mass is 383 g/mol. The van der Waals surface area contributed by atoms with Crippen LogP contribution in [0, 0.1) is 6.92 Å². The van der Waals surface area contributed by atoms with E-state index in [1.807, 2.05) is 19.1 Å². The molecule has 2 aromatic rings. The van der Waals surface area contributed by atoms with Crippen LogP contribution in [0.25, 0.3) is 11.5 Å². The van der Waals surface area contributed by atoms with Gasteiger partial charge in [-0.05, 0) is 62.9 Å². The van der Waals surface area contributed by atoms with Gasteiger partial charge in [0, 0.05) is 18.2 Å². The number of amides is 1. The minimum Gasteiger partial charge on any atom is -0.441 e. The molecule has 1 fully saturated rings. The highest BCUT2D eigenvalue weighted by Crippen LogP contribution is 2.27. The van der Waals surface area contributed by atoms with Gasteiger partial charge in [-0.15, -0.1) is 0 Å². The Kier molecular flexibility index (Phi) is 6.23.